The molecular formula is C28H22N4O. The van der Waals surface area contributed by atoms with E-state index < -0.39 is 0 Å². The monoisotopic (exact) mass is 430 g/mol. The van der Waals surface area contributed by atoms with Crippen LogP contribution in [0.25, 0.3) is 27.5 Å². The number of para-hydroxylation sites is 3. The minimum Gasteiger partial charge on any atom is -0.344 e. The Morgan fingerprint density at radius 3 is 2.48 bits per heavy atom. The van der Waals surface area contributed by atoms with E-state index in [0.29, 0.717) is 5.57 Å². The van der Waals surface area contributed by atoms with Crippen molar-refractivity contribution in [2.75, 3.05) is 10.6 Å². The van der Waals surface area contributed by atoms with Crippen molar-refractivity contribution in [3.63, 3.8) is 0 Å². The van der Waals surface area contributed by atoms with Crippen LogP contribution in [0.2, 0.25) is 0 Å². The molecule has 0 saturated heterocycles. The quantitative estimate of drug-likeness (QED) is 0.357. The van der Waals surface area contributed by atoms with E-state index in [2.05, 4.69) is 34.9 Å². The molecule has 2 heterocycles. The van der Waals surface area contributed by atoms with E-state index in [1.807, 2.05) is 84.3 Å². The predicted octanol–water partition coefficient (Wildman–Crippen LogP) is 6.23. The first-order valence-electron chi connectivity index (χ1n) is 11.0. The van der Waals surface area contributed by atoms with Gasteiger partial charge in [0, 0.05) is 11.4 Å². The van der Waals surface area contributed by atoms with E-state index in [4.69, 9.17) is 4.98 Å². The zero-order chi connectivity index (χ0) is 22.4. The molecule has 160 valence electrons. The van der Waals surface area contributed by atoms with Crippen molar-refractivity contribution in [3.8, 4) is 0 Å². The molecule has 0 aliphatic carbocycles. The Bertz CT molecular complexity index is 1540. The van der Waals surface area contributed by atoms with Crippen LogP contribution >= 0.6 is 0 Å². The summed E-state index contributed by atoms with van der Waals surface area (Å²) in [6.07, 6.45) is 0. The number of allylic oxidation sites excluding steroid dienone is 1. The maximum atomic E-state index is 13.7. The van der Waals surface area contributed by atoms with Crippen LogP contribution in [0.4, 0.5) is 11.6 Å². The smallest absolute Gasteiger partial charge is 0.255 e. The molecule has 5 nitrogen and oxygen atoms in total. The number of carbonyl (C=O) groups is 1. The number of carbonyl (C=O) groups excluding carboxylic acids is 1. The van der Waals surface area contributed by atoms with Gasteiger partial charge in [0.15, 0.2) is 0 Å². The molecule has 1 aromatic heterocycles. The lowest BCUT2D eigenvalue weighted by Gasteiger charge is -2.30. The summed E-state index contributed by atoms with van der Waals surface area (Å²) in [6, 6.07) is 31.7. The Morgan fingerprint density at radius 1 is 0.879 bits per heavy atom. The van der Waals surface area contributed by atoms with E-state index in [9.17, 15) is 4.79 Å². The molecule has 1 amide bonds. The molecule has 1 aliphatic rings. The molecule has 5 aromatic rings. The zero-order valence-electron chi connectivity index (χ0n) is 18.1. The fourth-order valence-electron chi connectivity index (χ4n) is 4.74. The second-order valence-corrected chi connectivity index (χ2v) is 8.22. The van der Waals surface area contributed by atoms with Crippen molar-refractivity contribution in [3.05, 3.63) is 108 Å². The van der Waals surface area contributed by atoms with Gasteiger partial charge in [-0.3, -0.25) is 9.36 Å². The molecule has 0 spiro atoms. The number of fused-ring (bicyclic) bond motifs is 4. The Labute approximate surface area is 191 Å². The summed E-state index contributed by atoms with van der Waals surface area (Å²) >= 11 is 0. The van der Waals surface area contributed by atoms with Crippen LogP contribution in [-0.2, 0) is 4.79 Å². The molecule has 33 heavy (non-hydrogen) atoms. The standard InChI is InChI=1S/C28H22N4O/c1-18-25(27(33)29-20-12-3-2-4-13-20)26(22-15-9-11-19-10-5-6-14-21(19)22)31-28-30-23-16-7-8-17-24(23)32(18)28/h2-17,26H,1H3,(H,29,33)(H,30,31). The fourth-order valence-corrected chi connectivity index (χ4v) is 4.74. The van der Waals surface area contributed by atoms with E-state index in [1.165, 1.54) is 0 Å². The number of hydrogen-bond acceptors (Lipinski definition) is 3. The van der Waals surface area contributed by atoms with Crippen LogP contribution < -0.4 is 10.6 Å². The van der Waals surface area contributed by atoms with Crippen molar-refractivity contribution in [1.82, 2.24) is 9.55 Å². The summed E-state index contributed by atoms with van der Waals surface area (Å²) in [7, 11) is 0. The highest BCUT2D eigenvalue weighted by Crippen LogP contribution is 2.40. The normalized spacial score (nSPS) is 15.4. The largest absolute Gasteiger partial charge is 0.344 e. The summed E-state index contributed by atoms with van der Waals surface area (Å²) in [4.78, 5) is 18.5. The highest BCUT2D eigenvalue weighted by atomic mass is 16.1. The molecule has 0 radical (unpaired) electrons. The maximum Gasteiger partial charge on any atom is 0.255 e. The van der Waals surface area contributed by atoms with Gasteiger partial charge in [-0.25, -0.2) is 4.98 Å². The number of aromatic nitrogens is 2. The van der Waals surface area contributed by atoms with Gasteiger partial charge in [-0.15, -0.1) is 0 Å². The van der Waals surface area contributed by atoms with Crippen LogP contribution in [0.5, 0.6) is 0 Å². The lowest BCUT2D eigenvalue weighted by Crippen LogP contribution is -2.30. The molecule has 2 N–H and O–H groups in total. The molecule has 4 aromatic carbocycles. The topological polar surface area (TPSA) is 59.0 Å². The van der Waals surface area contributed by atoms with Crippen molar-refractivity contribution < 1.29 is 4.79 Å². The second-order valence-electron chi connectivity index (χ2n) is 8.22. The Kier molecular flexibility index (Phi) is 4.47. The van der Waals surface area contributed by atoms with E-state index in [0.717, 1.165) is 44.7 Å². The number of imidazole rings is 1. The fraction of sp³-hybridized carbons (Fsp3) is 0.0714. The average molecular weight is 431 g/mol. The minimum atomic E-state index is -0.343. The summed E-state index contributed by atoms with van der Waals surface area (Å²) in [5.74, 6) is 0.607. The molecule has 1 unspecified atom stereocenters. The van der Waals surface area contributed by atoms with Gasteiger partial charge in [0.2, 0.25) is 5.95 Å². The van der Waals surface area contributed by atoms with Crippen LogP contribution in [0, 0.1) is 0 Å². The Balaban J connectivity index is 1.57. The minimum absolute atomic E-state index is 0.132. The SMILES string of the molecule is CC1=C(C(=O)Nc2ccccc2)C(c2cccc3ccccc23)Nc2nc3ccccc3n21. The first-order chi connectivity index (χ1) is 16.2. The number of nitrogens with zero attached hydrogens (tertiary/aromatic N) is 2. The van der Waals surface area contributed by atoms with Gasteiger partial charge in [-0.05, 0) is 47.5 Å². The van der Waals surface area contributed by atoms with Gasteiger partial charge in [0.1, 0.15) is 0 Å². The van der Waals surface area contributed by atoms with Gasteiger partial charge in [-0.1, -0.05) is 72.8 Å². The molecule has 1 atom stereocenters. The summed E-state index contributed by atoms with van der Waals surface area (Å²) in [6.45, 7) is 2.00. The third kappa shape index (κ3) is 3.17. The number of anilines is 2. The van der Waals surface area contributed by atoms with Crippen molar-refractivity contribution in [2.24, 2.45) is 0 Å². The van der Waals surface area contributed by atoms with Crippen LogP contribution in [0.1, 0.15) is 18.5 Å². The zero-order valence-corrected chi connectivity index (χ0v) is 18.1. The number of rotatable bonds is 3. The average Bonchev–Trinajstić information content (AvgIpc) is 3.23. The molecule has 5 heteroatoms. The van der Waals surface area contributed by atoms with Crippen molar-refractivity contribution in [2.45, 2.75) is 13.0 Å². The number of nitrogens with one attached hydrogen (secondary N) is 2. The Morgan fingerprint density at radius 2 is 1.61 bits per heavy atom. The molecule has 6 rings (SSSR count). The molecule has 0 bridgehead atoms. The lowest BCUT2D eigenvalue weighted by atomic mass is 9.91. The van der Waals surface area contributed by atoms with Crippen molar-refractivity contribution in [1.29, 1.82) is 0 Å². The van der Waals surface area contributed by atoms with Crippen LogP contribution in [-0.4, -0.2) is 15.5 Å². The molecule has 0 fully saturated rings. The molecule has 1 aliphatic heterocycles. The van der Waals surface area contributed by atoms with Gasteiger partial charge in [0.05, 0.1) is 22.6 Å². The molecular weight excluding hydrogens is 408 g/mol. The van der Waals surface area contributed by atoms with E-state index >= 15 is 0 Å². The first-order valence-corrected chi connectivity index (χ1v) is 11.0. The summed E-state index contributed by atoms with van der Waals surface area (Å²) < 4.78 is 2.04. The second kappa shape index (κ2) is 7.64. The number of amides is 1. The van der Waals surface area contributed by atoms with Crippen LogP contribution in [0.3, 0.4) is 0 Å². The highest BCUT2D eigenvalue weighted by Gasteiger charge is 2.33. The van der Waals surface area contributed by atoms with Gasteiger partial charge in [-0.2, -0.15) is 0 Å². The predicted molar refractivity (Wildman–Crippen MR) is 134 cm³/mol. The summed E-state index contributed by atoms with van der Waals surface area (Å²) in [5, 5.41) is 8.91. The molecule has 0 saturated carbocycles. The van der Waals surface area contributed by atoms with Gasteiger partial charge >= 0.3 is 0 Å². The number of hydrogen-bond donors (Lipinski definition) is 2. The number of benzene rings is 4. The third-order valence-corrected chi connectivity index (χ3v) is 6.26. The van der Waals surface area contributed by atoms with E-state index in [-0.39, 0.29) is 11.9 Å². The summed E-state index contributed by atoms with van der Waals surface area (Å²) in [5.41, 5.74) is 5.21. The maximum absolute atomic E-state index is 13.7. The van der Waals surface area contributed by atoms with Gasteiger partial charge in [0.25, 0.3) is 5.91 Å². The highest BCUT2D eigenvalue weighted by molar-refractivity contribution is 6.10. The third-order valence-electron chi connectivity index (χ3n) is 6.26. The first kappa shape index (κ1) is 19.3. The lowest BCUT2D eigenvalue weighted by molar-refractivity contribution is -0.113. The van der Waals surface area contributed by atoms with Crippen LogP contribution in [0.15, 0.2) is 103 Å². The van der Waals surface area contributed by atoms with E-state index in [1.54, 1.807) is 0 Å². The van der Waals surface area contributed by atoms with Gasteiger partial charge < -0.3 is 10.6 Å². The van der Waals surface area contributed by atoms with Crippen molar-refractivity contribution >= 4 is 45.0 Å². The Hall–Kier alpha value is -4.38.